The zero-order valence-corrected chi connectivity index (χ0v) is 22.3. The molecule has 2 atom stereocenters. The van der Waals surface area contributed by atoms with Crippen molar-refractivity contribution in [2.24, 2.45) is 5.41 Å². The number of thiazole rings is 1. The lowest BCUT2D eigenvalue weighted by molar-refractivity contribution is 0.170. The lowest BCUT2D eigenvalue weighted by Crippen LogP contribution is -2.55. The summed E-state index contributed by atoms with van der Waals surface area (Å²) < 4.78 is 6.08. The molecule has 1 fully saturated rings. The molecule has 0 aliphatic carbocycles. The van der Waals surface area contributed by atoms with E-state index in [1.165, 1.54) is 0 Å². The third kappa shape index (κ3) is 6.33. The third-order valence-electron chi connectivity index (χ3n) is 6.19. The largest absolute Gasteiger partial charge is 0.485 e. The number of nitrogen functional groups attached to an aromatic ring is 1. The van der Waals surface area contributed by atoms with Crippen LogP contribution < -0.4 is 15.4 Å². The van der Waals surface area contributed by atoms with Crippen molar-refractivity contribution in [3.8, 4) is 28.0 Å². The molecule has 6 nitrogen and oxygen atoms in total. The molecule has 0 saturated carbocycles. The second-order valence-corrected chi connectivity index (χ2v) is 11.4. The highest BCUT2D eigenvalue weighted by Crippen LogP contribution is 2.35. The molecule has 0 amide bonds. The standard InChI is InChI=1S/C28H35N5OS/c1-19-16-33(17-20(2)32(19)6)27-31-15-25(35-27)23-13-24(26(29)30-14-23)34-18-22-9-7-8-21(12-22)10-11-28(3,4)5/h7-9,12-15,19-20H,16-18H2,1-6H3,(H2,29,30). The third-order valence-corrected chi connectivity index (χ3v) is 7.30. The van der Waals surface area contributed by atoms with Crippen LogP contribution in [0.15, 0.2) is 42.7 Å². The summed E-state index contributed by atoms with van der Waals surface area (Å²) in [5.74, 6) is 7.48. The molecule has 1 saturated heterocycles. The van der Waals surface area contributed by atoms with Crippen LogP contribution in [0, 0.1) is 17.3 Å². The lowest BCUT2D eigenvalue weighted by Gasteiger charge is -2.42. The molecule has 1 aliphatic heterocycles. The van der Waals surface area contributed by atoms with Gasteiger partial charge in [0.25, 0.3) is 0 Å². The van der Waals surface area contributed by atoms with Gasteiger partial charge in [0.2, 0.25) is 0 Å². The van der Waals surface area contributed by atoms with Gasteiger partial charge in [-0.2, -0.15) is 0 Å². The minimum atomic E-state index is -0.0373. The van der Waals surface area contributed by atoms with E-state index in [1.807, 2.05) is 30.5 Å². The molecule has 1 aromatic carbocycles. The smallest absolute Gasteiger partial charge is 0.185 e. The fraction of sp³-hybridized carbons (Fsp3) is 0.429. The van der Waals surface area contributed by atoms with Crippen LogP contribution in [0.3, 0.4) is 0 Å². The van der Waals surface area contributed by atoms with E-state index in [-0.39, 0.29) is 5.41 Å². The van der Waals surface area contributed by atoms with Crippen LogP contribution in [0.5, 0.6) is 5.75 Å². The number of hydrogen-bond donors (Lipinski definition) is 1. The Bertz CT molecular complexity index is 1220. The van der Waals surface area contributed by atoms with Gasteiger partial charge in [-0.15, -0.1) is 0 Å². The number of benzene rings is 1. The Hall–Kier alpha value is -3.08. The van der Waals surface area contributed by atoms with Gasteiger partial charge in [-0.05, 0) is 65.4 Å². The molecule has 3 aromatic rings. The highest BCUT2D eigenvalue weighted by atomic mass is 32.1. The molecule has 2 N–H and O–H groups in total. The molecule has 7 heteroatoms. The summed E-state index contributed by atoms with van der Waals surface area (Å²) in [6.45, 7) is 13.2. The van der Waals surface area contributed by atoms with Crippen molar-refractivity contribution < 1.29 is 4.74 Å². The first kappa shape index (κ1) is 25.0. The summed E-state index contributed by atoms with van der Waals surface area (Å²) in [6.07, 6.45) is 3.71. The predicted octanol–water partition coefficient (Wildman–Crippen LogP) is 5.29. The van der Waals surface area contributed by atoms with Crippen LogP contribution >= 0.6 is 11.3 Å². The average Bonchev–Trinajstić information content (AvgIpc) is 3.31. The van der Waals surface area contributed by atoms with Gasteiger partial charge >= 0.3 is 0 Å². The van der Waals surface area contributed by atoms with E-state index in [0.717, 1.165) is 39.8 Å². The van der Waals surface area contributed by atoms with Crippen LogP contribution in [-0.4, -0.2) is 47.1 Å². The van der Waals surface area contributed by atoms with Gasteiger partial charge in [0.1, 0.15) is 6.61 Å². The first-order valence-corrected chi connectivity index (χ1v) is 12.8. The van der Waals surface area contributed by atoms with Crippen LogP contribution in [-0.2, 0) is 6.61 Å². The van der Waals surface area contributed by atoms with E-state index in [4.69, 9.17) is 15.5 Å². The zero-order chi connectivity index (χ0) is 25.2. The van der Waals surface area contributed by atoms with E-state index in [9.17, 15) is 0 Å². The maximum atomic E-state index is 6.14. The number of hydrogen-bond acceptors (Lipinski definition) is 7. The van der Waals surface area contributed by atoms with Crippen LogP contribution in [0.1, 0.15) is 45.7 Å². The number of anilines is 2. The van der Waals surface area contributed by atoms with Crippen LogP contribution in [0.4, 0.5) is 10.9 Å². The zero-order valence-electron chi connectivity index (χ0n) is 21.5. The maximum absolute atomic E-state index is 6.14. The Labute approximate surface area is 213 Å². The van der Waals surface area contributed by atoms with Crippen LogP contribution in [0.25, 0.3) is 10.4 Å². The minimum Gasteiger partial charge on any atom is -0.485 e. The van der Waals surface area contributed by atoms with Crippen molar-refractivity contribution in [3.63, 3.8) is 0 Å². The summed E-state index contributed by atoms with van der Waals surface area (Å²) >= 11 is 1.68. The molecular formula is C28H35N5OS. The fourth-order valence-corrected chi connectivity index (χ4v) is 4.89. The van der Waals surface area contributed by atoms with Crippen LogP contribution in [0.2, 0.25) is 0 Å². The monoisotopic (exact) mass is 489 g/mol. The summed E-state index contributed by atoms with van der Waals surface area (Å²) in [5.41, 5.74) is 9.07. The van der Waals surface area contributed by atoms with E-state index >= 15 is 0 Å². The predicted molar refractivity (Wildman–Crippen MR) is 146 cm³/mol. The number of likely N-dealkylation sites (N-methyl/N-ethyl adjacent to an activating group) is 1. The van der Waals surface area contributed by atoms with E-state index in [0.29, 0.717) is 30.3 Å². The number of pyridine rings is 1. The molecule has 0 spiro atoms. The molecular weight excluding hydrogens is 454 g/mol. The van der Waals surface area contributed by atoms with Gasteiger partial charge < -0.3 is 15.4 Å². The fourth-order valence-electron chi connectivity index (χ4n) is 3.97. The second kappa shape index (κ2) is 10.3. The Morgan fingerprint density at radius 3 is 2.57 bits per heavy atom. The van der Waals surface area contributed by atoms with Crippen molar-refractivity contribution in [2.75, 3.05) is 30.8 Å². The molecule has 4 rings (SSSR count). The van der Waals surface area contributed by atoms with Gasteiger partial charge in [-0.25, -0.2) is 9.97 Å². The normalized spacial score (nSPS) is 18.7. The summed E-state index contributed by atoms with van der Waals surface area (Å²) in [6, 6.07) is 11.0. The summed E-state index contributed by atoms with van der Waals surface area (Å²) in [4.78, 5) is 15.0. The SMILES string of the molecule is CC1CN(c2ncc(-c3cnc(N)c(OCc4cccc(C#CC(C)(C)C)c4)c3)s2)CC(C)N1C. The number of nitrogens with zero attached hydrogens (tertiary/aromatic N) is 4. The molecule has 184 valence electrons. The van der Waals surface area contributed by atoms with E-state index < -0.39 is 0 Å². The number of ether oxygens (including phenoxy) is 1. The van der Waals surface area contributed by atoms with Crippen molar-refractivity contribution in [1.82, 2.24) is 14.9 Å². The summed E-state index contributed by atoms with van der Waals surface area (Å²) in [7, 11) is 2.19. The quantitative estimate of drug-likeness (QED) is 0.491. The molecule has 0 bridgehead atoms. The van der Waals surface area contributed by atoms with Gasteiger partial charge in [0.05, 0.1) is 4.88 Å². The van der Waals surface area contributed by atoms with Gasteiger partial charge in [-0.1, -0.05) is 35.3 Å². The van der Waals surface area contributed by atoms with Crippen molar-refractivity contribution in [3.05, 3.63) is 53.9 Å². The minimum absolute atomic E-state index is 0.0373. The highest BCUT2D eigenvalue weighted by molar-refractivity contribution is 7.18. The van der Waals surface area contributed by atoms with Gasteiger partial charge in [0, 0.05) is 54.1 Å². The van der Waals surface area contributed by atoms with Crippen molar-refractivity contribution in [1.29, 1.82) is 0 Å². The molecule has 2 aromatic heterocycles. The Morgan fingerprint density at radius 1 is 1.11 bits per heavy atom. The molecule has 35 heavy (non-hydrogen) atoms. The van der Waals surface area contributed by atoms with Crippen molar-refractivity contribution in [2.45, 2.75) is 53.3 Å². The number of rotatable bonds is 5. The Balaban J connectivity index is 1.47. The second-order valence-electron chi connectivity index (χ2n) is 10.4. The molecule has 0 radical (unpaired) electrons. The average molecular weight is 490 g/mol. The molecule has 2 unspecified atom stereocenters. The Kier molecular flexibility index (Phi) is 7.34. The number of piperazine rings is 1. The Morgan fingerprint density at radius 2 is 1.86 bits per heavy atom. The summed E-state index contributed by atoms with van der Waals surface area (Å²) in [5, 5.41) is 1.04. The lowest BCUT2D eigenvalue weighted by atomic mass is 9.97. The topological polar surface area (TPSA) is 67.5 Å². The van der Waals surface area contributed by atoms with E-state index in [1.54, 1.807) is 17.5 Å². The number of aromatic nitrogens is 2. The van der Waals surface area contributed by atoms with Crippen molar-refractivity contribution >= 4 is 22.3 Å². The van der Waals surface area contributed by atoms with E-state index in [2.05, 4.69) is 74.4 Å². The maximum Gasteiger partial charge on any atom is 0.185 e. The highest BCUT2D eigenvalue weighted by Gasteiger charge is 2.28. The van der Waals surface area contributed by atoms with Gasteiger partial charge in [-0.3, -0.25) is 4.90 Å². The molecule has 1 aliphatic rings. The first-order valence-electron chi connectivity index (χ1n) is 12.0. The first-order chi connectivity index (χ1) is 16.6. The molecule has 3 heterocycles. The number of nitrogens with two attached hydrogens (primary N) is 1. The van der Waals surface area contributed by atoms with Gasteiger partial charge in [0.15, 0.2) is 16.7 Å².